The standard InChI is InChI=1S/C17H31N3O/c18-16-9-5-8-15(16)17(21)20-12-6-7-14(13-20)19-10-3-1-2-4-11-19/h14-16H,1-13,18H2/t14-,15-,16+/m0/s1. The molecule has 3 aliphatic rings. The lowest BCUT2D eigenvalue weighted by atomic mass is 9.98. The molecule has 0 bridgehead atoms. The van der Waals surface area contributed by atoms with Crippen molar-refractivity contribution < 1.29 is 4.79 Å². The molecule has 2 saturated heterocycles. The summed E-state index contributed by atoms with van der Waals surface area (Å²) < 4.78 is 0. The Morgan fingerprint density at radius 2 is 1.62 bits per heavy atom. The molecule has 0 aromatic heterocycles. The fourth-order valence-corrected chi connectivity index (χ4v) is 4.44. The first-order valence-electron chi connectivity index (χ1n) is 9.04. The fraction of sp³-hybridized carbons (Fsp3) is 0.941. The van der Waals surface area contributed by atoms with Crippen LogP contribution in [0.5, 0.6) is 0 Å². The highest BCUT2D eigenvalue weighted by Crippen LogP contribution is 2.28. The molecule has 21 heavy (non-hydrogen) atoms. The molecule has 2 aliphatic heterocycles. The molecule has 3 atom stereocenters. The molecule has 0 radical (unpaired) electrons. The summed E-state index contributed by atoms with van der Waals surface area (Å²) in [4.78, 5) is 17.5. The van der Waals surface area contributed by atoms with Gasteiger partial charge < -0.3 is 10.6 Å². The quantitative estimate of drug-likeness (QED) is 0.847. The van der Waals surface area contributed by atoms with Crippen molar-refractivity contribution in [3.63, 3.8) is 0 Å². The van der Waals surface area contributed by atoms with Crippen LogP contribution in [0, 0.1) is 5.92 Å². The summed E-state index contributed by atoms with van der Waals surface area (Å²) >= 11 is 0. The summed E-state index contributed by atoms with van der Waals surface area (Å²) in [5.74, 6) is 0.451. The number of hydrogen-bond acceptors (Lipinski definition) is 3. The van der Waals surface area contributed by atoms with Gasteiger partial charge in [0.25, 0.3) is 0 Å². The van der Waals surface area contributed by atoms with E-state index < -0.39 is 0 Å². The second-order valence-corrected chi connectivity index (χ2v) is 7.23. The molecule has 1 aliphatic carbocycles. The topological polar surface area (TPSA) is 49.6 Å². The lowest BCUT2D eigenvalue weighted by Gasteiger charge is -2.40. The zero-order valence-electron chi connectivity index (χ0n) is 13.3. The molecule has 120 valence electrons. The molecule has 0 aromatic rings. The maximum Gasteiger partial charge on any atom is 0.227 e. The number of carbonyl (C=O) groups is 1. The third kappa shape index (κ3) is 3.59. The first-order chi connectivity index (χ1) is 10.3. The van der Waals surface area contributed by atoms with E-state index >= 15 is 0 Å². The first-order valence-corrected chi connectivity index (χ1v) is 9.04. The minimum atomic E-state index is 0.105. The monoisotopic (exact) mass is 293 g/mol. The summed E-state index contributed by atoms with van der Waals surface area (Å²) in [7, 11) is 0. The first kappa shape index (κ1) is 15.3. The van der Waals surface area contributed by atoms with Gasteiger partial charge in [-0.05, 0) is 51.6 Å². The predicted octanol–water partition coefficient (Wildman–Crippen LogP) is 1.98. The lowest BCUT2D eigenvalue weighted by molar-refractivity contribution is -0.137. The predicted molar refractivity (Wildman–Crippen MR) is 85.0 cm³/mol. The van der Waals surface area contributed by atoms with Crippen molar-refractivity contribution in [2.45, 2.75) is 69.9 Å². The Kier molecular flexibility index (Phi) is 5.17. The minimum absolute atomic E-state index is 0.105. The van der Waals surface area contributed by atoms with Crippen molar-refractivity contribution in [1.82, 2.24) is 9.80 Å². The van der Waals surface area contributed by atoms with E-state index in [0.717, 1.165) is 38.8 Å². The maximum absolute atomic E-state index is 12.7. The molecule has 3 rings (SSSR count). The number of piperidine rings is 1. The highest BCUT2D eigenvalue weighted by molar-refractivity contribution is 5.80. The lowest BCUT2D eigenvalue weighted by Crippen LogP contribution is -2.52. The molecule has 2 heterocycles. The minimum Gasteiger partial charge on any atom is -0.341 e. The van der Waals surface area contributed by atoms with Gasteiger partial charge in [0.15, 0.2) is 0 Å². The summed E-state index contributed by atoms with van der Waals surface area (Å²) in [6.45, 7) is 4.36. The molecular weight excluding hydrogens is 262 g/mol. The zero-order chi connectivity index (χ0) is 14.7. The Labute approximate surface area is 129 Å². The van der Waals surface area contributed by atoms with Gasteiger partial charge in [-0.1, -0.05) is 19.3 Å². The van der Waals surface area contributed by atoms with Crippen LogP contribution in [0.1, 0.15) is 57.8 Å². The third-order valence-corrected chi connectivity index (χ3v) is 5.75. The average Bonchev–Trinajstić information content (AvgIpc) is 2.78. The van der Waals surface area contributed by atoms with Crippen LogP contribution in [-0.2, 0) is 4.79 Å². The van der Waals surface area contributed by atoms with Crippen molar-refractivity contribution in [2.24, 2.45) is 11.7 Å². The number of rotatable bonds is 2. The number of hydrogen-bond donors (Lipinski definition) is 1. The average molecular weight is 293 g/mol. The molecular formula is C17H31N3O. The fourth-order valence-electron chi connectivity index (χ4n) is 4.44. The van der Waals surface area contributed by atoms with Gasteiger partial charge >= 0.3 is 0 Å². The highest BCUT2D eigenvalue weighted by atomic mass is 16.2. The Hall–Kier alpha value is -0.610. The normalized spacial score (nSPS) is 35.7. The van der Waals surface area contributed by atoms with Gasteiger partial charge in [-0.25, -0.2) is 0 Å². The third-order valence-electron chi connectivity index (χ3n) is 5.75. The molecule has 2 N–H and O–H groups in total. The van der Waals surface area contributed by atoms with Gasteiger partial charge in [-0.15, -0.1) is 0 Å². The number of nitrogens with zero attached hydrogens (tertiary/aromatic N) is 2. The van der Waals surface area contributed by atoms with Crippen LogP contribution in [0.15, 0.2) is 0 Å². The Bertz CT molecular complexity index is 352. The van der Waals surface area contributed by atoms with E-state index in [2.05, 4.69) is 9.80 Å². The van der Waals surface area contributed by atoms with Crippen molar-refractivity contribution in [1.29, 1.82) is 0 Å². The smallest absolute Gasteiger partial charge is 0.227 e. The van der Waals surface area contributed by atoms with E-state index in [1.807, 2.05) is 0 Å². The second-order valence-electron chi connectivity index (χ2n) is 7.23. The molecule has 0 aromatic carbocycles. The van der Waals surface area contributed by atoms with Crippen LogP contribution < -0.4 is 5.73 Å². The van der Waals surface area contributed by atoms with Gasteiger partial charge in [0, 0.05) is 25.2 Å². The van der Waals surface area contributed by atoms with Crippen molar-refractivity contribution in [2.75, 3.05) is 26.2 Å². The van der Waals surface area contributed by atoms with Crippen molar-refractivity contribution in [3.8, 4) is 0 Å². The molecule has 0 unspecified atom stereocenters. The largest absolute Gasteiger partial charge is 0.341 e. The van der Waals surface area contributed by atoms with Crippen LogP contribution in [0.25, 0.3) is 0 Å². The summed E-state index contributed by atoms with van der Waals surface area (Å²) in [5, 5.41) is 0. The summed E-state index contributed by atoms with van der Waals surface area (Å²) in [6.07, 6.45) is 11.0. The van der Waals surface area contributed by atoms with Crippen LogP contribution in [0.2, 0.25) is 0 Å². The number of nitrogens with two attached hydrogens (primary N) is 1. The molecule has 4 heteroatoms. The zero-order valence-corrected chi connectivity index (χ0v) is 13.3. The van der Waals surface area contributed by atoms with Crippen LogP contribution in [0.4, 0.5) is 0 Å². The molecule has 1 amide bonds. The maximum atomic E-state index is 12.7. The molecule has 3 fully saturated rings. The molecule has 1 saturated carbocycles. The van der Waals surface area contributed by atoms with Crippen molar-refractivity contribution >= 4 is 5.91 Å². The SMILES string of the molecule is N[C@@H]1CCC[C@@H]1C(=O)N1CCC[C@H](N2CCCCCC2)C1. The van der Waals surface area contributed by atoms with E-state index in [-0.39, 0.29) is 12.0 Å². The van der Waals surface area contributed by atoms with Gasteiger partial charge in [-0.2, -0.15) is 0 Å². The van der Waals surface area contributed by atoms with E-state index in [9.17, 15) is 4.79 Å². The second kappa shape index (κ2) is 7.10. The Morgan fingerprint density at radius 1 is 0.857 bits per heavy atom. The number of carbonyl (C=O) groups excluding carboxylic acids is 1. The van der Waals surface area contributed by atoms with Gasteiger partial charge in [0.1, 0.15) is 0 Å². The Morgan fingerprint density at radius 3 is 2.29 bits per heavy atom. The van der Waals surface area contributed by atoms with E-state index in [0.29, 0.717) is 11.9 Å². The van der Waals surface area contributed by atoms with Gasteiger partial charge in [-0.3, -0.25) is 9.69 Å². The number of amides is 1. The van der Waals surface area contributed by atoms with Crippen LogP contribution >= 0.6 is 0 Å². The van der Waals surface area contributed by atoms with E-state index in [1.165, 1.54) is 45.2 Å². The molecule has 4 nitrogen and oxygen atoms in total. The van der Waals surface area contributed by atoms with Gasteiger partial charge in [0.05, 0.1) is 5.92 Å². The van der Waals surface area contributed by atoms with E-state index in [1.54, 1.807) is 0 Å². The Balaban J connectivity index is 1.58. The molecule has 0 spiro atoms. The summed E-state index contributed by atoms with van der Waals surface area (Å²) in [5.41, 5.74) is 6.13. The number of likely N-dealkylation sites (tertiary alicyclic amines) is 2. The van der Waals surface area contributed by atoms with Crippen molar-refractivity contribution in [3.05, 3.63) is 0 Å². The van der Waals surface area contributed by atoms with Crippen LogP contribution in [0.3, 0.4) is 0 Å². The van der Waals surface area contributed by atoms with E-state index in [4.69, 9.17) is 5.73 Å². The highest BCUT2D eigenvalue weighted by Gasteiger charge is 2.36. The summed E-state index contributed by atoms with van der Waals surface area (Å²) in [6, 6.07) is 0.703. The van der Waals surface area contributed by atoms with Crippen LogP contribution in [-0.4, -0.2) is 54.0 Å². The van der Waals surface area contributed by atoms with Gasteiger partial charge in [0.2, 0.25) is 5.91 Å².